The third-order valence-electron chi connectivity index (χ3n) is 0. The molecule has 0 saturated heterocycles. The van der Waals surface area contributed by atoms with Gasteiger partial charge < -0.3 is 49.3 Å². The third-order valence-corrected chi connectivity index (χ3v) is 0. The fourth-order valence-electron chi connectivity index (χ4n) is 0. The maximum Gasteiger partial charge on any atom is 0 e. The topological polar surface area (TPSA) is 284 Å². The van der Waals surface area contributed by atoms with Gasteiger partial charge in [0, 0.05) is 266 Å². The van der Waals surface area contributed by atoms with Gasteiger partial charge in [-0.05, 0) is 0 Å². The predicted octanol–water partition coefficient (Wildman–Crippen LogP) is -10.8. The van der Waals surface area contributed by atoms with E-state index < -0.39 is 0 Å². The van der Waals surface area contributed by atoms with Crippen molar-refractivity contribution in [2.45, 2.75) is 0 Å². The minimum absolute atomic E-state index is 0. The van der Waals surface area contributed by atoms with Crippen LogP contribution in [0.3, 0.4) is 0 Å². The smallest absolute Gasteiger partial charge is 0 e. The Balaban J connectivity index is 0. The van der Waals surface area contributed by atoms with E-state index in [2.05, 4.69) is 0 Å². The molecule has 18 N–H and O–H groups in total. The molecule has 0 atom stereocenters. The molecule has 0 aromatic carbocycles. The van der Waals surface area contributed by atoms with Gasteiger partial charge in [-0.2, -0.15) is 0 Å². The van der Waals surface area contributed by atoms with Crippen molar-refractivity contribution in [3.63, 3.8) is 0 Å². The van der Waals surface area contributed by atoms with E-state index in [4.69, 9.17) is 0 Å². The Morgan fingerprint density at radius 3 is 0.111 bits per heavy atom. The Morgan fingerprint density at radius 2 is 0.111 bits per heavy atom. The van der Waals surface area contributed by atoms with Gasteiger partial charge in [0.1, 0.15) is 0 Å². The summed E-state index contributed by atoms with van der Waals surface area (Å²) in [6.45, 7) is 0. The van der Waals surface area contributed by atoms with Crippen LogP contribution in [-0.2, 0) is 0 Å². The standard InChI is InChI=1S/9Na.9H2O/h;;;;;;;;;9*1H2. The van der Waals surface area contributed by atoms with Crippen LogP contribution < -0.4 is 0 Å². The summed E-state index contributed by atoms with van der Waals surface area (Å²) in [6, 6.07) is 0. The van der Waals surface area contributed by atoms with Crippen LogP contribution in [0.15, 0.2) is 0 Å². The minimum Gasteiger partial charge on any atom is -0.412 e. The monoisotopic (exact) mass is 369 g/mol. The van der Waals surface area contributed by atoms with Gasteiger partial charge in [-0.1, -0.05) is 0 Å². The molecule has 0 aliphatic rings. The molecule has 0 bridgehead atoms. The Hall–Kier alpha value is 8.64. The third kappa shape index (κ3) is 184. The summed E-state index contributed by atoms with van der Waals surface area (Å²) < 4.78 is 0. The van der Waals surface area contributed by atoms with Crippen LogP contribution in [0.5, 0.6) is 0 Å². The van der Waals surface area contributed by atoms with Gasteiger partial charge >= 0.3 is 0 Å². The van der Waals surface area contributed by atoms with Crippen molar-refractivity contribution in [1.82, 2.24) is 0 Å². The number of rotatable bonds is 0. The van der Waals surface area contributed by atoms with Crippen molar-refractivity contribution >= 4 is 266 Å². The first-order valence-electron chi connectivity index (χ1n) is 0. The minimum atomic E-state index is 0. The van der Waals surface area contributed by atoms with E-state index in [0.29, 0.717) is 0 Å². The van der Waals surface area contributed by atoms with Gasteiger partial charge in [0.05, 0.1) is 0 Å². The molecule has 9 radical (unpaired) electrons. The zero-order valence-corrected chi connectivity index (χ0v) is 31.5. The molecule has 81 valence electrons. The van der Waals surface area contributed by atoms with E-state index in [1.165, 1.54) is 0 Å². The molecule has 9 nitrogen and oxygen atoms in total. The van der Waals surface area contributed by atoms with E-state index in [0.717, 1.165) is 0 Å². The van der Waals surface area contributed by atoms with Gasteiger partial charge in [-0.15, -0.1) is 0 Å². The first-order valence-corrected chi connectivity index (χ1v) is 0. The quantitative estimate of drug-likeness (QED) is 0.359. The average Bonchev–Trinajstić information content (AvgIpc) is 0. The molecular formula is H18Na9O9. The molecule has 18 heavy (non-hydrogen) atoms. The second kappa shape index (κ2) is 209. The van der Waals surface area contributed by atoms with Crippen LogP contribution in [0.1, 0.15) is 0 Å². The Kier molecular flexibility index (Phi) is 2720. The zero-order valence-electron chi connectivity index (χ0n) is 13.5. The average molecular weight is 369 g/mol. The Morgan fingerprint density at radius 1 is 0.111 bits per heavy atom. The summed E-state index contributed by atoms with van der Waals surface area (Å²) in [4.78, 5) is 0. The molecule has 0 amide bonds. The molecule has 0 aliphatic heterocycles. The molecule has 0 aromatic heterocycles. The summed E-state index contributed by atoms with van der Waals surface area (Å²) in [6.07, 6.45) is 0. The van der Waals surface area contributed by atoms with Crippen LogP contribution in [0.4, 0.5) is 0 Å². The maximum absolute atomic E-state index is 0. The Bertz CT molecular complexity index is 18.0. The molecule has 0 aliphatic carbocycles. The molecule has 0 spiro atoms. The fourth-order valence-corrected chi connectivity index (χ4v) is 0. The first kappa shape index (κ1) is 235. The summed E-state index contributed by atoms with van der Waals surface area (Å²) >= 11 is 0. The zero-order chi connectivity index (χ0) is 0. The largest absolute Gasteiger partial charge is 0.412 e. The number of hydrogen-bond acceptors (Lipinski definition) is 0. The van der Waals surface area contributed by atoms with E-state index in [1.807, 2.05) is 0 Å². The Labute approximate surface area is 306 Å². The van der Waals surface area contributed by atoms with E-state index in [1.54, 1.807) is 0 Å². The van der Waals surface area contributed by atoms with Crippen molar-refractivity contribution < 1.29 is 49.3 Å². The molecule has 0 rings (SSSR count). The second-order valence-electron chi connectivity index (χ2n) is 0. The summed E-state index contributed by atoms with van der Waals surface area (Å²) in [5.74, 6) is 0. The fraction of sp³-hybridized carbons (Fsp3) is 0. The molecule has 0 fully saturated rings. The predicted molar refractivity (Wildman–Crippen MR) is 84.3 cm³/mol. The van der Waals surface area contributed by atoms with Crippen molar-refractivity contribution in [3.8, 4) is 0 Å². The van der Waals surface area contributed by atoms with Crippen LogP contribution >= 0.6 is 0 Å². The van der Waals surface area contributed by atoms with Crippen molar-refractivity contribution in [3.05, 3.63) is 0 Å². The molecule has 18 heteroatoms. The van der Waals surface area contributed by atoms with Crippen molar-refractivity contribution in [2.24, 2.45) is 0 Å². The SMILES string of the molecule is O.O.O.O.O.O.O.O.O.[Na].[Na].[Na].[Na].[Na].[Na].[Na].[Na].[Na]. The second-order valence-corrected chi connectivity index (χ2v) is 0. The van der Waals surface area contributed by atoms with Crippen LogP contribution in [0, 0.1) is 0 Å². The van der Waals surface area contributed by atoms with Gasteiger partial charge in [0.25, 0.3) is 0 Å². The molecular weight excluding hydrogens is 351 g/mol. The van der Waals surface area contributed by atoms with Gasteiger partial charge in [-0.3, -0.25) is 0 Å². The van der Waals surface area contributed by atoms with Crippen molar-refractivity contribution in [1.29, 1.82) is 0 Å². The molecule has 0 unspecified atom stereocenters. The maximum atomic E-state index is 0. The molecule has 0 heterocycles. The van der Waals surface area contributed by atoms with E-state index >= 15 is 0 Å². The van der Waals surface area contributed by atoms with Crippen LogP contribution in [0.2, 0.25) is 0 Å². The van der Waals surface area contributed by atoms with Crippen LogP contribution in [0.25, 0.3) is 0 Å². The number of hydrogen-bond donors (Lipinski definition) is 0. The van der Waals surface area contributed by atoms with Crippen LogP contribution in [-0.4, -0.2) is 315 Å². The van der Waals surface area contributed by atoms with Gasteiger partial charge in [0.2, 0.25) is 0 Å². The summed E-state index contributed by atoms with van der Waals surface area (Å²) in [5.41, 5.74) is 0. The van der Waals surface area contributed by atoms with Gasteiger partial charge in [-0.25, -0.2) is 0 Å². The van der Waals surface area contributed by atoms with E-state index in [-0.39, 0.29) is 315 Å². The van der Waals surface area contributed by atoms with Gasteiger partial charge in [0.15, 0.2) is 0 Å². The van der Waals surface area contributed by atoms with E-state index in [9.17, 15) is 0 Å². The van der Waals surface area contributed by atoms with Crippen molar-refractivity contribution in [2.75, 3.05) is 0 Å². The molecule has 0 aromatic rings. The summed E-state index contributed by atoms with van der Waals surface area (Å²) in [7, 11) is 0. The normalized spacial score (nSPS) is 0. The summed E-state index contributed by atoms with van der Waals surface area (Å²) in [5, 5.41) is 0. The first-order chi connectivity index (χ1) is 0. The molecule has 0 saturated carbocycles.